The number of likely N-dealkylation sites (tertiary alicyclic amines) is 1. The Labute approximate surface area is 233 Å². The van der Waals surface area contributed by atoms with Gasteiger partial charge in [-0.25, -0.2) is 4.39 Å². The summed E-state index contributed by atoms with van der Waals surface area (Å²) in [7, 11) is 1.52. The maximum absolute atomic E-state index is 14.5. The van der Waals surface area contributed by atoms with E-state index in [-0.39, 0.29) is 17.2 Å². The van der Waals surface area contributed by atoms with E-state index in [1.54, 1.807) is 17.0 Å². The zero-order chi connectivity index (χ0) is 28.2. The molecule has 3 heterocycles. The van der Waals surface area contributed by atoms with Crippen LogP contribution in [0.5, 0.6) is 17.2 Å². The van der Waals surface area contributed by atoms with Crippen LogP contribution >= 0.6 is 0 Å². The molecule has 1 saturated heterocycles. The minimum absolute atomic E-state index is 0.0143. The van der Waals surface area contributed by atoms with Crippen LogP contribution in [0.3, 0.4) is 0 Å². The van der Waals surface area contributed by atoms with Gasteiger partial charge in [-0.2, -0.15) is 0 Å². The number of amides is 1. The highest BCUT2D eigenvalue weighted by Gasteiger charge is 2.34. The highest BCUT2D eigenvalue weighted by Crippen LogP contribution is 2.54. The molecule has 7 heteroatoms. The van der Waals surface area contributed by atoms with Gasteiger partial charge in [-0.05, 0) is 87.6 Å². The number of aromatic hydroxyl groups is 1. The van der Waals surface area contributed by atoms with E-state index >= 15 is 0 Å². The summed E-state index contributed by atoms with van der Waals surface area (Å²) < 4.78 is 26.6. The van der Waals surface area contributed by atoms with Crippen molar-refractivity contribution in [1.82, 2.24) is 4.90 Å². The van der Waals surface area contributed by atoms with E-state index in [0.717, 1.165) is 47.2 Å². The Morgan fingerprint density at radius 2 is 1.85 bits per heavy atom. The van der Waals surface area contributed by atoms with Gasteiger partial charge in [0.15, 0.2) is 11.5 Å². The first-order chi connectivity index (χ1) is 19.2. The van der Waals surface area contributed by atoms with Crippen LogP contribution in [0.15, 0.2) is 48.5 Å². The molecule has 6 rings (SSSR count). The summed E-state index contributed by atoms with van der Waals surface area (Å²) in [6.45, 7) is 7.62. The Morgan fingerprint density at radius 3 is 2.60 bits per heavy atom. The third-order valence-corrected chi connectivity index (χ3v) is 7.85. The molecule has 3 aliphatic heterocycles. The van der Waals surface area contributed by atoms with Crippen molar-refractivity contribution < 1.29 is 23.8 Å². The van der Waals surface area contributed by atoms with Crippen LogP contribution in [0.4, 0.5) is 10.1 Å². The summed E-state index contributed by atoms with van der Waals surface area (Å²) in [6.07, 6.45) is 6.98. The quantitative estimate of drug-likeness (QED) is 0.364. The van der Waals surface area contributed by atoms with E-state index < -0.39 is 5.82 Å². The molecule has 0 bridgehead atoms. The van der Waals surface area contributed by atoms with Gasteiger partial charge < -0.3 is 24.8 Å². The van der Waals surface area contributed by atoms with Crippen LogP contribution in [0.1, 0.15) is 67.1 Å². The zero-order valence-electron chi connectivity index (χ0n) is 23.2. The normalized spacial score (nSPS) is 18.1. The van der Waals surface area contributed by atoms with E-state index in [4.69, 9.17) is 9.47 Å². The lowest BCUT2D eigenvalue weighted by Crippen LogP contribution is -2.36. The second-order valence-corrected chi connectivity index (χ2v) is 11.3. The number of nitrogens with zero attached hydrogens (tertiary/aromatic N) is 1. The van der Waals surface area contributed by atoms with E-state index in [9.17, 15) is 14.3 Å². The van der Waals surface area contributed by atoms with E-state index in [1.807, 2.05) is 18.2 Å². The number of phenolic OH excluding ortho intramolecular Hbond substituents is 1. The molecule has 3 aromatic carbocycles. The Hall–Kier alpha value is -4.26. The summed E-state index contributed by atoms with van der Waals surface area (Å²) in [5, 5.41) is 14.2. The van der Waals surface area contributed by atoms with Crippen molar-refractivity contribution in [2.24, 2.45) is 0 Å². The highest BCUT2D eigenvalue weighted by molar-refractivity contribution is 6.04. The van der Waals surface area contributed by atoms with Gasteiger partial charge in [0.1, 0.15) is 17.3 Å². The number of nitrogens with one attached hydrogen (secondary N) is 1. The fourth-order valence-corrected chi connectivity index (χ4v) is 6.20. The van der Waals surface area contributed by atoms with E-state index in [2.05, 4.69) is 32.2 Å². The molecule has 3 aliphatic rings. The van der Waals surface area contributed by atoms with Crippen LogP contribution < -0.4 is 14.8 Å². The minimum Gasteiger partial charge on any atom is -0.504 e. The molecule has 40 heavy (non-hydrogen) atoms. The molecule has 6 nitrogen and oxygen atoms in total. The molecule has 206 valence electrons. The van der Waals surface area contributed by atoms with Crippen molar-refractivity contribution in [3.8, 4) is 28.4 Å². The lowest BCUT2D eigenvalue weighted by Gasteiger charge is -2.35. The van der Waals surface area contributed by atoms with Crippen molar-refractivity contribution in [2.75, 3.05) is 25.5 Å². The predicted octanol–water partition coefficient (Wildman–Crippen LogP) is 7.33. The number of piperidine rings is 1. The second-order valence-electron chi connectivity index (χ2n) is 11.3. The van der Waals surface area contributed by atoms with Crippen LogP contribution in [-0.4, -0.2) is 41.7 Å². The molecule has 1 fully saturated rings. The number of carbonyl (C=O) groups excluding carboxylic acids is 1. The first-order valence-electron chi connectivity index (χ1n) is 13.7. The largest absolute Gasteiger partial charge is 0.504 e. The fourth-order valence-electron chi connectivity index (χ4n) is 6.20. The van der Waals surface area contributed by atoms with Gasteiger partial charge in [0, 0.05) is 41.0 Å². The Bertz CT molecular complexity index is 1600. The number of phenols is 1. The van der Waals surface area contributed by atoms with Crippen molar-refractivity contribution >= 4 is 29.0 Å². The molecule has 2 N–H and O–H groups in total. The molecule has 0 saturated carbocycles. The van der Waals surface area contributed by atoms with Crippen LogP contribution in [-0.2, 0) is 0 Å². The Kier molecular flexibility index (Phi) is 6.32. The average molecular weight is 541 g/mol. The number of halogens is 1. The number of allylic oxidation sites excluding steroid dienone is 1. The highest BCUT2D eigenvalue weighted by atomic mass is 19.1. The summed E-state index contributed by atoms with van der Waals surface area (Å²) in [5.74, 6) is 0.752. The predicted molar refractivity (Wildman–Crippen MR) is 156 cm³/mol. The van der Waals surface area contributed by atoms with Crippen molar-refractivity contribution in [3.05, 3.63) is 76.6 Å². The first-order valence-corrected chi connectivity index (χ1v) is 13.7. The van der Waals surface area contributed by atoms with E-state index in [0.29, 0.717) is 47.0 Å². The minimum atomic E-state index is -0.458. The zero-order valence-corrected chi connectivity index (χ0v) is 23.2. The topological polar surface area (TPSA) is 71.0 Å². The lowest BCUT2D eigenvalue weighted by atomic mass is 9.82. The summed E-state index contributed by atoms with van der Waals surface area (Å²) >= 11 is 0. The van der Waals surface area contributed by atoms with Gasteiger partial charge in [0.05, 0.1) is 18.2 Å². The smallest absolute Gasteiger partial charge is 0.254 e. The number of anilines is 1. The van der Waals surface area contributed by atoms with E-state index in [1.165, 1.54) is 25.3 Å². The van der Waals surface area contributed by atoms with Gasteiger partial charge in [-0.1, -0.05) is 18.2 Å². The van der Waals surface area contributed by atoms with Gasteiger partial charge in [0.25, 0.3) is 5.91 Å². The Morgan fingerprint density at radius 1 is 1.07 bits per heavy atom. The lowest BCUT2D eigenvalue weighted by molar-refractivity contribution is 0.0723. The number of fused-ring (bicyclic) bond motifs is 5. The standard InChI is InChI=1S/C33H33FN2O4/c1-19-18-33(2,3)35-24-11-10-22-29(28(19)24)27(40-26-13-12-25(37)31(39-4)30(22)26)16-20-8-9-21(34)17-23(20)32(38)36-14-6-5-7-15-36/h8-13,16-18,35,37H,5-7,14-15H2,1-4H3/b27-16-. The molecular formula is C33H33FN2O4. The fraction of sp³-hybridized carbons (Fsp3) is 0.303. The van der Waals surface area contributed by atoms with Crippen LogP contribution in [0.2, 0.25) is 0 Å². The number of benzene rings is 3. The molecule has 0 aliphatic carbocycles. The SMILES string of the molecule is COc1c(O)ccc2c1-c1ccc3c(c1/C(=C/c1ccc(F)cc1C(=O)N1CCCCC1)O2)C(C)=CC(C)(C)N3. The maximum atomic E-state index is 14.5. The molecular weight excluding hydrogens is 507 g/mol. The summed E-state index contributed by atoms with van der Waals surface area (Å²) in [5.41, 5.74) is 5.92. The molecule has 0 radical (unpaired) electrons. The summed E-state index contributed by atoms with van der Waals surface area (Å²) in [4.78, 5) is 15.4. The van der Waals surface area contributed by atoms with Crippen LogP contribution in [0, 0.1) is 5.82 Å². The number of carbonyl (C=O) groups is 1. The number of hydrogen-bond acceptors (Lipinski definition) is 5. The molecule has 0 atom stereocenters. The number of methoxy groups -OCH3 is 1. The van der Waals surface area contributed by atoms with Gasteiger partial charge in [-0.3, -0.25) is 4.79 Å². The van der Waals surface area contributed by atoms with Crippen LogP contribution in [0.25, 0.3) is 28.5 Å². The third kappa shape index (κ3) is 4.39. The third-order valence-electron chi connectivity index (χ3n) is 7.85. The van der Waals surface area contributed by atoms with Crippen molar-refractivity contribution in [3.63, 3.8) is 0 Å². The average Bonchev–Trinajstić information content (AvgIpc) is 2.93. The van der Waals surface area contributed by atoms with Gasteiger partial charge >= 0.3 is 0 Å². The first kappa shape index (κ1) is 26.0. The number of rotatable bonds is 3. The second kappa shape index (κ2) is 9.73. The monoisotopic (exact) mass is 540 g/mol. The Balaban J connectivity index is 1.59. The van der Waals surface area contributed by atoms with Crippen molar-refractivity contribution in [1.29, 1.82) is 0 Å². The molecule has 0 aromatic heterocycles. The number of ether oxygens (including phenoxy) is 2. The molecule has 0 spiro atoms. The number of hydrogen-bond donors (Lipinski definition) is 2. The van der Waals surface area contributed by atoms with Crippen molar-refractivity contribution in [2.45, 2.75) is 45.6 Å². The molecule has 3 aromatic rings. The van der Waals surface area contributed by atoms with Gasteiger partial charge in [-0.15, -0.1) is 0 Å². The maximum Gasteiger partial charge on any atom is 0.254 e. The summed E-state index contributed by atoms with van der Waals surface area (Å²) in [6, 6.07) is 11.6. The van der Waals surface area contributed by atoms with Gasteiger partial charge in [0.2, 0.25) is 0 Å². The molecule has 1 amide bonds. The molecule has 0 unspecified atom stereocenters.